The molecule has 3 N–H and O–H groups in total. The summed E-state index contributed by atoms with van der Waals surface area (Å²) in [5.41, 5.74) is 2.66. The lowest BCUT2D eigenvalue weighted by atomic mass is 9.95. The molecule has 0 fully saturated rings. The molecule has 2 aliphatic rings. The number of nitrogens with zero attached hydrogens (tertiary/aromatic N) is 1. The average molecular weight is 423 g/mol. The number of para-hydroxylation sites is 1. The van der Waals surface area contributed by atoms with Crippen molar-refractivity contribution >= 4 is 17.4 Å². The van der Waals surface area contributed by atoms with Crippen molar-refractivity contribution < 1.29 is 24.2 Å². The molecule has 0 saturated heterocycles. The number of fused-ring (bicyclic) bond motifs is 1. The maximum atomic E-state index is 12.3. The van der Waals surface area contributed by atoms with Crippen molar-refractivity contribution in [2.24, 2.45) is 0 Å². The van der Waals surface area contributed by atoms with Gasteiger partial charge in [0, 0.05) is 19.8 Å². The van der Waals surface area contributed by atoms with Crippen LogP contribution in [0.5, 0.6) is 17.2 Å². The summed E-state index contributed by atoms with van der Waals surface area (Å²) in [5.74, 6) is 0.869. The second kappa shape index (κ2) is 8.22. The van der Waals surface area contributed by atoms with E-state index in [1.165, 1.54) is 4.90 Å². The molecule has 1 amide bonds. The molecular weight excluding hydrogens is 398 g/mol. The van der Waals surface area contributed by atoms with Crippen LogP contribution in [-0.4, -0.2) is 42.6 Å². The SMILES string of the molecule is CC[C@@H](NC1=C(Nc2cccc(C(=O)N(C)C)c2O)C(=O)C1)c1ccc2c(c1)OCO2. The smallest absolute Gasteiger partial charge is 0.257 e. The predicted molar refractivity (Wildman–Crippen MR) is 115 cm³/mol. The Morgan fingerprint density at radius 2 is 1.97 bits per heavy atom. The van der Waals surface area contributed by atoms with Gasteiger partial charge >= 0.3 is 0 Å². The number of benzene rings is 2. The highest BCUT2D eigenvalue weighted by atomic mass is 16.7. The van der Waals surface area contributed by atoms with Gasteiger partial charge in [-0.1, -0.05) is 19.1 Å². The Hall–Kier alpha value is -3.68. The zero-order valence-electron chi connectivity index (χ0n) is 17.7. The van der Waals surface area contributed by atoms with E-state index in [2.05, 4.69) is 17.6 Å². The van der Waals surface area contributed by atoms with Crippen LogP contribution in [0.25, 0.3) is 0 Å². The number of ketones is 1. The zero-order valence-corrected chi connectivity index (χ0v) is 17.7. The van der Waals surface area contributed by atoms with E-state index in [1.54, 1.807) is 32.3 Å². The highest BCUT2D eigenvalue weighted by molar-refractivity contribution is 6.07. The number of phenols is 1. The fourth-order valence-electron chi connectivity index (χ4n) is 3.62. The summed E-state index contributed by atoms with van der Waals surface area (Å²) in [5, 5.41) is 17.0. The van der Waals surface area contributed by atoms with Crippen molar-refractivity contribution in [1.29, 1.82) is 0 Å². The number of hydrogen-bond acceptors (Lipinski definition) is 7. The fraction of sp³-hybridized carbons (Fsp3) is 0.304. The zero-order chi connectivity index (χ0) is 22.1. The molecule has 8 heteroatoms. The molecule has 162 valence electrons. The molecule has 2 aromatic carbocycles. The molecule has 0 radical (unpaired) electrons. The molecule has 4 rings (SSSR count). The number of phenolic OH excluding ortho intramolecular Hbond substituents is 1. The van der Waals surface area contributed by atoms with E-state index in [-0.39, 0.29) is 42.3 Å². The van der Waals surface area contributed by atoms with E-state index >= 15 is 0 Å². The molecule has 2 aromatic rings. The summed E-state index contributed by atoms with van der Waals surface area (Å²) in [6.07, 6.45) is 1.07. The van der Waals surface area contributed by atoms with Gasteiger partial charge in [-0.25, -0.2) is 0 Å². The maximum absolute atomic E-state index is 12.3. The molecule has 1 aliphatic heterocycles. The molecule has 1 heterocycles. The van der Waals surface area contributed by atoms with Crippen LogP contribution in [0.4, 0.5) is 5.69 Å². The summed E-state index contributed by atoms with van der Waals surface area (Å²) in [4.78, 5) is 25.9. The van der Waals surface area contributed by atoms with E-state index in [1.807, 2.05) is 18.2 Å². The first kappa shape index (κ1) is 20.6. The van der Waals surface area contributed by atoms with Crippen molar-refractivity contribution in [2.45, 2.75) is 25.8 Å². The van der Waals surface area contributed by atoms with E-state index in [0.29, 0.717) is 17.1 Å². The number of anilines is 1. The Balaban J connectivity index is 1.56. The van der Waals surface area contributed by atoms with Crippen LogP contribution < -0.4 is 20.1 Å². The lowest BCUT2D eigenvalue weighted by Crippen LogP contribution is -2.34. The van der Waals surface area contributed by atoms with Crippen LogP contribution in [0.1, 0.15) is 41.7 Å². The Labute approximate surface area is 180 Å². The molecular formula is C23H25N3O5. The number of rotatable bonds is 7. The van der Waals surface area contributed by atoms with Crippen LogP contribution in [0, 0.1) is 0 Å². The van der Waals surface area contributed by atoms with Crippen LogP contribution in [0.15, 0.2) is 47.8 Å². The minimum absolute atomic E-state index is 0.0235. The molecule has 1 aliphatic carbocycles. The van der Waals surface area contributed by atoms with Gasteiger partial charge in [0.25, 0.3) is 5.91 Å². The third-order valence-electron chi connectivity index (χ3n) is 5.41. The molecule has 0 spiro atoms. The lowest BCUT2D eigenvalue weighted by molar-refractivity contribution is -0.116. The van der Waals surface area contributed by atoms with E-state index in [0.717, 1.165) is 23.4 Å². The third kappa shape index (κ3) is 3.88. The van der Waals surface area contributed by atoms with Gasteiger partial charge in [-0.2, -0.15) is 0 Å². The Bertz CT molecular complexity index is 1080. The van der Waals surface area contributed by atoms with Crippen molar-refractivity contribution in [1.82, 2.24) is 10.2 Å². The van der Waals surface area contributed by atoms with Gasteiger partial charge in [0.1, 0.15) is 5.70 Å². The second-order valence-corrected chi connectivity index (χ2v) is 7.70. The first-order chi connectivity index (χ1) is 14.9. The van der Waals surface area contributed by atoms with Crippen molar-refractivity contribution in [3.8, 4) is 17.2 Å². The fourth-order valence-corrected chi connectivity index (χ4v) is 3.62. The molecule has 1 atom stereocenters. The summed E-state index contributed by atoms with van der Waals surface area (Å²) < 4.78 is 10.8. The van der Waals surface area contributed by atoms with Gasteiger partial charge in [0.05, 0.1) is 23.7 Å². The van der Waals surface area contributed by atoms with Gasteiger partial charge in [0.2, 0.25) is 6.79 Å². The standard InChI is InChI=1S/C23H25N3O5/c1-4-15(13-8-9-19-20(10-13)31-12-30-19)24-17-11-18(27)21(17)25-16-7-5-6-14(22(16)28)23(29)26(2)3/h5-10,15,24-25,28H,4,11-12H2,1-3H3/t15-/m1/s1. The molecule has 0 bridgehead atoms. The van der Waals surface area contributed by atoms with Gasteiger partial charge in [0.15, 0.2) is 23.0 Å². The maximum Gasteiger partial charge on any atom is 0.257 e. The first-order valence-corrected chi connectivity index (χ1v) is 10.1. The summed E-state index contributed by atoms with van der Waals surface area (Å²) in [6, 6.07) is 10.6. The number of amides is 1. The molecule has 8 nitrogen and oxygen atoms in total. The molecule has 31 heavy (non-hydrogen) atoms. The number of Topliss-reactive ketones (excluding diaryl/α,β-unsaturated/α-hetero) is 1. The van der Waals surface area contributed by atoms with Crippen LogP contribution in [0.2, 0.25) is 0 Å². The summed E-state index contributed by atoms with van der Waals surface area (Å²) >= 11 is 0. The Morgan fingerprint density at radius 1 is 1.19 bits per heavy atom. The molecule has 0 aromatic heterocycles. The lowest BCUT2D eigenvalue weighted by Gasteiger charge is -2.29. The highest BCUT2D eigenvalue weighted by Gasteiger charge is 2.30. The molecule has 0 unspecified atom stereocenters. The van der Waals surface area contributed by atoms with E-state index in [4.69, 9.17) is 9.47 Å². The van der Waals surface area contributed by atoms with Gasteiger partial charge in [-0.05, 0) is 36.2 Å². The van der Waals surface area contributed by atoms with Gasteiger partial charge in [-0.15, -0.1) is 0 Å². The number of carbonyl (C=O) groups is 2. The summed E-state index contributed by atoms with van der Waals surface area (Å²) in [6.45, 7) is 2.27. The first-order valence-electron chi connectivity index (χ1n) is 10.1. The number of allylic oxidation sites excluding steroid dienone is 2. The van der Waals surface area contributed by atoms with Crippen LogP contribution in [-0.2, 0) is 4.79 Å². The number of nitrogens with one attached hydrogen (secondary N) is 2. The van der Waals surface area contributed by atoms with E-state index < -0.39 is 0 Å². The topological polar surface area (TPSA) is 100 Å². The number of ether oxygens (including phenoxy) is 2. The van der Waals surface area contributed by atoms with Crippen molar-refractivity contribution in [3.63, 3.8) is 0 Å². The minimum atomic E-state index is -0.317. The monoisotopic (exact) mass is 423 g/mol. The number of carbonyl (C=O) groups excluding carboxylic acids is 2. The van der Waals surface area contributed by atoms with Crippen LogP contribution >= 0.6 is 0 Å². The Morgan fingerprint density at radius 3 is 2.68 bits per heavy atom. The second-order valence-electron chi connectivity index (χ2n) is 7.70. The number of aromatic hydroxyl groups is 1. The molecule has 0 saturated carbocycles. The minimum Gasteiger partial charge on any atom is -0.505 e. The van der Waals surface area contributed by atoms with Gasteiger partial charge in [-0.3, -0.25) is 9.59 Å². The third-order valence-corrected chi connectivity index (χ3v) is 5.41. The Kier molecular flexibility index (Phi) is 5.46. The normalized spacial score (nSPS) is 15.4. The van der Waals surface area contributed by atoms with E-state index in [9.17, 15) is 14.7 Å². The number of hydrogen-bond donors (Lipinski definition) is 3. The summed E-state index contributed by atoms with van der Waals surface area (Å²) in [7, 11) is 3.23. The van der Waals surface area contributed by atoms with Crippen molar-refractivity contribution in [3.05, 3.63) is 58.9 Å². The highest BCUT2D eigenvalue weighted by Crippen LogP contribution is 2.37. The van der Waals surface area contributed by atoms with Crippen molar-refractivity contribution in [2.75, 3.05) is 26.2 Å². The average Bonchev–Trinajstić information content (AvgIpc) is 3.23. The largest absolute Gasteiger partial charge is 0.505 e. The van der Waals surface area contributed by atoms with Crippen LogP contribution in [0.3, 0.4) is 0 Å². The quantitative estimate of drug-likeness (QED) is 0.588. The predicted octanol–water partition coefficient (Wildman–Crippen LogP) is 3.16. The van der Waals surface area contributed by atoms with Gasteiger partial charge < -0.3 is 30.1 Å².